The summed E-state index contributed by atoms with van der Waals surface area (Å²) >= 11 is 0. The Morgan fingerprint density at radius 1 is 1.09 bits per heavy atom. The van der Waals surface area contributed by atoms with Gasteiger partial charge in [0.2, 0.25) is 5.91 Å². The third kappa shape index (κ3) is 8.51. The Labute approximate surface area is 131 Å². The van der Waals surface area contributed by atoms with Crippen molar-refractivity contribution in [2.75, 3.05) is 38.3 Å². The van der Waals surface area contributed by atoms with Gasteiger partial charge < -0.3 is 25.3 Å². The zero-order valence-corrected chi connectivity index (χ0v) is 12.8. The van der Waals surface area contributed by atoms with Crippen LogP contribution in [0.25, 0.3) is 0 Å². The van der Waals surface area contributed by atoms with E-state index in [2.05, 4.69) is 5.32 Å². The Balaban J connectivity index is 2.15. The van der Waals surface area contributed by atoms with Crippen LogP contribution in [0.3, 0.4) is 0 Å². The van der Waals surface area contributed by atoms with Crippen molar-refractivity contribution >= 4 is 17.9 Å². The van der Waals surface area contributed by atoms with E-state index in [1.54, 1.807) is 0 Å². The summed E-state index contributed by atoms with van der Waals surface area (Å²) < 4.78 is 10.4. The van der Waals surface area contributed by atoms with Crippen molar-refractivity contribution < 1.29 is 19.1 Å². The average molecular weight is 308 g/mol. The number of nitrogens with two attached hydrogens (primary N) is 1. The molecule has 122 valence electrons. The molecule has 1 aromatic carbocycles. The maximum atomic E-state index is 11.7. The molecule has 0 atom stereocenters. The molecule has 6 heteroatoms. The topological polar surface area (TPSA) is 90.7 Å². The molecule has 0 aliphatic rings. The van der Waals surface area contributed by atoms with Gasteiger partial charge in [-0.15, -0.1) is 0 Å². The summed E-state index contributed by atoms with van der Waals surface area (Å²) in [5.41, 5.74) is 7.10. The number of ether oxygens (including phenoxy) is 2. The van der Waals surface area contributed by atoms with Gasteiger partial charge in [0.1, 0.15) is 6.29 Å². The maximum absolute atomic E-state index is 11.7. The molecule has 1 amide bonds. The lowest BCUT2D eigenvalue weighted by molar-refractivity contribution is -0.117. The zero-order chi connectivity index (χ0) is 16.0. The lowest BCUT2D eigenvalue weighted by atomic mass is 10.1. The van der Waals surface area contributed by atoms with Crippen LogP contribution in [0.5, 0.6) is 0 Å². The molecular weight excluding hydrogens is 284 g/mol. The molecule has 6 nitrogen and oxygen atoms in total. The van der Waals surface area contributed by atoms with Gasteiger partial charge in [-0.1, -0.05) is 12.1 Å². The Bertz CT molecular complexity index is 434. The first kappa shape index (κ1) is 18.3. The highest BCUT2D eigenvalue weighted by Crippen LogP contribution is 2.11. The summed E-state index contributed by atoms with van der Waals surface area (Å²) in [5.74, 6) is -0.0940. The fraction of sp³-hybridized carbons (Fsp3) is 0.500. The number of hydrogen-bond donors (Lipinski definition) is 2. The number of nitrogens with one attached hydrogen (secondary N) is 1. The highest BCUT2D eigenvalue weighted by atomic mass is 16.5. The number of aryl methyl sites for hydroxylation is 1. The summed E-state index contributed by atoms with van der Waals surface area (Å²) in [4.78, 5) is 22.0. The predicted molar refractivity (Wildman–Crippen MR) is 84.8 cm³/mol. The third-order valence-corrected chi connectivity index (χ3v) is 2.90. The molecule has 0 heterocycles. The maximum Gasteiger partial charge on any atom is 0.226 e. The van der Waals surface area contributed by atoms with E-state index in [9.17, 15) is 9.59 Å². The molecule has 0 saturated carbocycles. The molecule has 0 unspecified atom stereocenters. The van der Waals surface area contributed by atoms with Crippen LogP contribution in [-0.4, -0.2) is 45.2 Å². The van der Waals surface area contributed by atoms with Gasteiger partial charge in [0.25, 0.3) is 0 Å². The lowest BCUT2D eigenvalue weighted by Gasteiger charge is -2.07. The van der Waals surface area contributed by atoms with Gasteiger partial charge in [0.15, 0.2) is 0 Å². The van der Waals surface area contributed by atoms with E-state index in [4.69, 9.17) is 15.2 Å². The molecule has 1 rings (SSSR count). The van der Waals surface area contributed by atoms with Crippen LogP contribution in [0.4, 0.5) is 5.69 Å². The van der Waals surface area contributed by atoms with Crippen LogP contribution in [0.1, 0.15) is 18.4 Å². The fourth-order valence-electron chi connectivity index (χ4n) is 1.77. The monoisotopic (exact) mass is 308 g/mol. The second-order valence-corrected chi connectivity index (χ2v) is 4.71. The summed E-state index contributed by atoms with van der Waals surface area (Å²) in [6.45, 7) is 2.32. The molecule has 0 aromatic heterocycles. The minimum Gasteiger partial charge on any atom is -0.379 e. The second-order valence-electron chi connectivity index (χ2n) is 4.71. The third-order valence-electron chi connectivity index (χ3n) is 2.90. The van der Waals surface area contributed by atoms with Gasteiger partial charge >= 0.3 is 0 Å². The molecule has 0 bridgehead atoms. The molecule has 0 aliphatic carbocycles. The van der Waals surface area contributed by atoms with Crippen molar-refractivity contribution in [3.8, 4) is 0 Å². The zero-order valence-electron chi connectivity index (χ0n) is 12.8. The largest absolute Gasteiger partial charge is 0.379 e. The summed E-state index contributed by atoms with van der Waals surface area (Å²) in [6, 6.07) is 7.48. The van der Waals surface area contributed by atoms with E-state index in [0.717, 1.165) is 24.0 Å². The van der Waals surface area contributed by atoms with E-state index in [1.807, 2.05) is 24.3 Å². The number of rotatable bonds is 12. The van der Waals surface area contributed by atoms with Crippen molar-refractivity contribution in [3.05, 3.63) is 29.8 Å². The first-order valence-corrected chi connectivity index (χ1v) is 7.44. The quantitative estimate of drug-likeness (QED) is 0.446. The van der Waals surface area contributed by atoms with Crippen LogP contribution >= 0.6 is 0 Å². The minimum atomic E-state index is -0.0940. The number of hydrogen-bond acceptors (Lipinski definition) is 5. The summed E-state index contributed by atoms with van der Waals surface area (Å²) in [6.07, 6.45) is 2.43. The first-order valence-electron chi connectivity index (χ1n) is 7.44. The van der Waals surface area contributed by atoms with Gasteiger partial charge in [-0.25, -0.2) is 0 Å². The van der Waals surface area contributed by atoms with Crippen LogP contribution in [0, 0.1) is 0 Å². The van der Waals surface area contributed by atoms with Crippen molar-refractivity contribution in [2.45, 2.75) is 19.3 Å². The number of amides is 1. The van der Waals surface area contributed by atoms with E-state index in [1.165, 1.54) is 0 Å². The Morgan fingerprint density at radius 3 is 2.41 bits per heavy atom. The van der Waals surface area contributed by atoms with Gasteiger partial charge in [-0.05, 0) is 24.1 Å². The van der Waals surface area contributed by atoms with Crippen LogP contribution in [0.2, 0.25) is 0 Å². The first-order chi connectivity index (χ1) is 10.8. The van der Waals surface area contributed by atoms with Crippen molar-refractivity contribution in [3.63, 3.8) is 0 Å². The predicted octanol–water partition coefficient (Wildman–Crippen LogP) is 1.14. The molecule has 22 heavy (non-hydrogen) atoms. The minimum absolute atomic E-state index is 0.0940. The van der Waals surface area contributed by atoms with E-state index >= 15 is 0 Å². The van der Waals surface area contributed by atoms with Crippen molar-refractivity contribution in [2.24, 2.45) is 5.73 Å². The highest BCUT2D eigenvalue weighted by molar-refractivity contribution is 5.90. The van der Waals surface area contributed by atoms with Crippen LogP contribution < -0.4 is 11.1 Å². The molecule has 0 saturated heterocycles. The summed E-state index contributed by atoms with van der Waals surface area (Å²) in [5, 5.41) is 2.80. The SMILES string of the molecule is NCCOCCOCCC(=O)Nc1ccc(CCC=O)cc1. The van der Waals surface area contributed by atoms with Crippen molar-refractivity contribution in [1.82, 2.24) is 0 Å². The smallest absolute Gasteiger partial charge is 0.226 e. The molecule has 1 aromatic rings. The number of benzene rings is 1. The Hall–Kier alpha value is -1.76. The molecule has 0 radical (unpaired) electrons. The molecule has 3 N–H and O–H groups in total. The second kappa shape index (κ2) is 11.9. The Kier molecular flexibility index (Phi) is 9.85. The average Bonchev–Trinajstić information content (AvgIpc) is 2.53. The normalized spacial score (nSPS) is 10.4. The number of anilines is 1. The van der Waals surface area contributed by atoms with Gasteiger partial charge in [-0.3, -0.25) is 4.79 Å². The molecule has 0 fully saturated rings. The standard InChI is InChI=1S/C16H24N2O4/c17-8-11-22-13-12-21-10-7-16(20)18-15-5-3-14(4-6-15)2-1-9-19/h3-6,9H,1-2,7-8,10-13,17H2,(H,18,20). The number of aldehydes is 1. The molecule has 0 aliphatic heterocycles. The van der Waals surface area contributed by atoms with Gasteiger partial charge in [-0.2, -0.15) is 0 Å². The van der Waals surface area contributed by atoms with Gasteiger partial charge in [0.05, 0.1) is 32.8 Å². The fourth-order valence-corrected chi connectivity index (χ4v) is 1.77. The van der Waals surface area contributed by atoms with Gasteiger partial charge in [0, 0.05) is 18.7 Å². The van der Waals surface area contributed by atoms with Crippen molar-refractivity contribution in [1.29, 1.82) is 0 Å². The van der Waals surface area contributed by atoms with E-state index in [0.29, 0.717) is 45.8 Å². The number of carbonyl (C=O) groups excluding carboxylic acids is 2. The summed E-state index contributed by atoms with van der Waals surface area (Å²) in [7, 11) is 0. The van der Waals surface area contributed by atoms with E-state index in [-0.39, 0.29) is 5.91 Å². The molecular formula is C16H24N2O4. The lowest BCUT2D eigenvalue weighted by Crippen LogP contribution is -2.16. The van der Waals surface area contributed by atoms with Crippen LogP contribution in [-0.2, 0) is 25.5 Å². The highest BCUT2D eigenvalue weighted by Gasteiger charge is 2.02. The van der Waals surface area contributed by atoms with E-state index < -0.39 is 0 Å². The Morgan fingerprint density at radius 2 is 1.77 bits per heavy atom. The van der Waals surface area contributed by atoms with Crippen LogP contribution in [0.15, 0.2) is 24.3 Å². The number of carbonyl (C=O) groups is 2. The molecule has 0 spiro atoms.